The topological polar surface area (TPSA) is 403 Å². The quantitative estimate of drug-likeness (QED) is 0.0334. The molecule has 0 unspecified atom stereocenters. The highest BCUT2D eigenvalue weighted by atomic mass is 19.4. The molecule has 3 aliphatic rings. The summed E-state index contributed by atoms with van der Waals surface area (Å²) in [5, 5.41) is 133. The molecule has 0 spiro atoms. The Morgan fingerprint density at radius 1 is 0.891 bits per heavy atom. The van der Waals surface area contributed by atoms with Crippen LogP contribution in [0.5, 0.6) is 0 Å². The van der Waals surface area contributed by atoms with Crippen molar-refractivity contribution in [3.63, 3.8) is 0 Å². The van der Waals surface area contributed by atoms with E-state index in [0.717, 1.165) is 13.0 Å². The number of amides is 3. The van der Waals surface area contributed by atoms with Gasteiger partial charge >= 0.3 is 18.1 Å². The number of hydrogen-bond acceptors (Lipinski definition) is 21. The molecule has 3 rings (SSSR count). The second kappa shape index (κ2) is 24.5. The van der Waals surface area contributed by atoms with Gasteiger partial charge in [-0.15, -0.1) is 6.58 Å². The number of unbranched alkanes of at least 4 members (excludes halogenated alkanes) is 2. The third-order valence-corrected chi connectivity index (χ3v) is 10.5. The minimum absolute atomic E-state index is 0.121. The van der Waals surface area contributed by atoms with Gasteiger partial charge in [-0.1, -0.05) is 12.5 Å². The average Bonchev–Trinajstić information content (AvgIpc) is 3.24. The van der Waals surface area contributed by atoms with Crippen LogP contribution in [0.15, 0.2) is 12.7 Å². The van der Waals surface area contributed by atoms with E-state index in [9.17, 15) is 93.6 Å². The zero-order chi connectivity index (χ0) is 48.3. The van der Waals surface area contributed by atoms with Gasteiger partial charge in [0.2, 0.25) is 11.8 Å². The standard InChI is InChI=1S/C36H58F3N3O22/c1-3-16(47)15(42-21(50)7-5-4-6-8-40-33(56)36(37,38)39)13-59-31-26(54)25(53)28(20(12-45)61-31)62-32-27(55)30(24(52)19(11-44)60-32)64-35(34(57)58)9-17(48)22(41-14(2)46)29(63-35)23(51)18(49)10-43/h3,15-20,22-32,43-45,47-49,51-55H,1,4-13H2,2H3,(H,40,56)(H,41,46)(H,42,50)(H,57,58)/t15-,16+,17-,18+,19+,20+,22+,23+,24-,25+,26+,27+,28+,29+,30-,31+,32-,35-/m0/s1. The van der Waals surface area contributed by atoms with Crippen LogP contribution in [0.25, 0.3) is 0 Å². The van der Waals surface area contributed by atoms with Crippen LogP contribution in [0.3, 0.4) is 0 Å². The number of alkyl halides is 3. The average molecular weight is 942 g/mol. The molecule has 0 aromatic rings. The van der Waals surface area contributed by atoms with Gasteiger partial charge in [0.15, 0.2) is 12.6 Å². The Labute approximate surface area is 362 Å². The fourth-order valence-electron chi connectivity index (χ4n) is 7.04. The van der Waals surface area contributed by atoms with Crippen LogP contribution in [0.4, 0.5) is 13.2 Å². The summed E-state index contributed by atoms with van der Waals surface area (Å²) in [5.41, 5.74) is 0. The SMILES string of the molecule is C=C[C@@H](O)[C@H](CO[C@@H]1O[C@H](CO)[C@@H](O[C@@H]2O[C@H](CO)[C@H](O)[C@H](O[C@]3(C(=O)O)C[C@H](O)[C@@H](NC(C)=O)[C@H]([C@H](O)[C@H](O)CO)O3)[C@H]2O)[C@H](O)[C@H]1O)NC(=O)CCCCCNC(=O)C(F)(F)F. The molecule has 370 valence electrons. The minimum Gasteiger partial charge on any atom is -0.477 e. The number of carboxylic acid groups (broad SMARTS) is 1. The van der Waals surface area contributed by atoms with E-state index in [1.807, 2.05) is 0 Å². The molecule has 3 aliphatic heterocycles. The fraction of sp³-hybridized carbons (Fsp3) is 0.833. The highest BCUT2D eigenvalue weighted by molar-refractivity contribution is 5.81. The fourth-order valence-corrected chi connectivity index (χ4v) is 7.04. The molecular formula is C36H58F3N3O22. The summed E-state index contributed by atoms with van der Waals surface area (Å²) < 4.78 is 70.4. The Bertz CT molecular complexity index is 1540. The van der Waals surface area contributed by atoms with Gasteiger partial charge in [0.05, 0.1) is 50.7 Å². The zero-order valence-corrected chi connectivity index (χ0v) is 34.3. The van der Waals surface area contributed by atoms with E-state index in [4.69, 9.17) is 28.4 Å². The lowest BCUT2D eigenvalue weighted by atomic mass is 9.88. The minimum atomic E-state index is -5.04. The van der Waals surface area contributed by atoms with Crippen LogP contribution >= 0.6 is 0 Å². The number of ether oxygens (including phenoxy) is 6. The van der Waals surface area contributed by atoms with Crippen LogP contribution in [0.1, 0.15) is 39.0 Å². The van der Waals surface area contributed by atoms with Crippen molar-refractivity contribution in [2.24, 2.45) is 0 Å². The first-order chi connectivity index (χ1) is 30.0. The first-order valence-electron chi connectivity index (χ1n) is 19.9. The molecule has 0 aromatic heterocycles. The van der Waals surface area contributed by atoms with Gasteiger partial charge < -0.3 is 106 Å². The number of nitrogens with one attached hydrogen (secondary N) is 3. The van der Waals surface area contributed by atoms with Crippen molar-refractivity contribution >= 4 is 23.7 Å². The molecule has 25 nitrogen and oxygen atoms in total. The predicted octanol–water partition coefficient (Wildman–Crippen LogP) is -6.93. The molecule has 64 heavy (non-hydrogen) atoms. The van der Waals surface area contributed by atoms with Gasteiger partial charge in [-0.25, -0.2) is 4.79 Å². The molecule has 0 saturated carbocycles. The van der Waals surface area contributed by atoms with E-state index in [1.54, 1.807) is 5.32 Å². The number of rotatable bonds is 23. The largest absolute Gasteiger partial charge is 0.477 e. The van der Waals surface area contributed by atoms with E-state index in [-0.39, 0.29) is 32.2 Å². The molecule has 3 heterocycles. The van der Waals surface area contributed by atoms with E-state index >= 15 is 0 Å². The molecule has 0 aliphatic carbocycles. The molecule has 0 aromatic carbocycles. The molecular weight excluding hydrogens is 883 g/mol. The van der Waals surface area contributed by atoms with Crippen molar-refractivity contribution < 1.29 is 122 Å². The Hall–Kier alpha value is -3.27. The highest BCUT2D eigenvalue weighted by Crippen LogP contribution is 2.38. The monoisotopic (exact) mass is 941 g/mol. The van der Waals surface area contributed by atoms with Crippen molar-refractivity contribution in [2.45, 2.75) is 155 Å². The molecule has 3 fully saturated rings. The van der Waals surface area contributed by atoms with Crippen LogP contribution in [0, 0.1) is 0 Å². The summed E-state index contributed by atoms with van der Waals surface area (Å²) in [6.45, 7) is 0.379. The smallest absolute Gasteiger partial charge is 0.471 e. The van der Waals surface area contributed by atoms with E-state index in [1.165, 1.54) is 0 Å². The summed E-state index contributed by atoms with van der Waals surface area (Å²) in [6.07, 6.45) is -34.3. The molecule has 28 heteroatoms. The van der Waals surface area contributed by atoms with Crippen molar-refractivity contribution in [3.8, 4) is 0 Å². The number of halogens is 3. The Kier molecular flexibility index (Phi) is 21.1. The van der Waals surface area contributed by atoms with Crippen LogP contribution in [0.2, 0.25) is 0 Å². The van der Waals surface area contributed by atoms with Gasteiger partial charge in [0.1, 0.15) is 67.1 Å². The van der Waals surface area contributed by atoms with Gasteiger partial charge in [0.25, 0.3) is 5.79 Å². The molecule has 3 amide bonds. The number of carboxylic acids is 1. The summed E-state index contributed by atoms with van der Waals surface area (Å²) in [7, 11) is 0. The third-order valence-electron chi connectivity index (χ3n) is 10.5. The lowest BCUT2D eigenvalue weighted by molar-refractivity contribution is -0.386. The predicted molar refractivity (Wildman–Crippen MR) is 199 cm³/mol. The van der Waals surface area contributed by atoms with E-state index in [2.05, 4.69) is 17.2 Å². The number of carbonyl (C=O) groups is 4. The number of aliphatic carboxylic acids is 1. The molecule has 15 N–H and O–H groups in total. The first-order valence-corrected chi connectivity index (χ1v) is 19.9. The van der Waals surface area contributed by atoms with Crippen molar-refractivity contribution in [3.05, 3.63) is 12.7 Å². The van der Waals surface area contributed by atoms with Gasteiger partial charge in [-0.05, 0) is 12.8 Å². The number of aliphatic hydroxyl groups excluding tert-OH is 11. The van der Waals surface area contributed by atoms with Crippen LogP contribution < -0.4 is 16.0 Å². The van der Waals surface area contributed by atoms with Gasteiger partial charge in [-0.2, -0.15) is 13.2 Å². The Morgan fingerprint density at radius 3 is 2.09 bits per heavy atom. The van der Waals surface area contributed by atoms with Crippen LogP contribution in [-0.2, 0) is 47.6 Å². The van der Waals surface area contributed by atoms with Crippen molar-refractivity contribution in [1.82, 2.24) is 16.0 Å². The highest BCUT2D eigenvalue weighted by Gasteiger charge is 2.60. The lowest BCUT2D eigenvalue weighted by Gasteiger charge is -2.50. The third kappa shape index (κ3) is 14.1. The van der Waals surface area contributed by atoms with Crippen LogP contribution in [-0.4, -0.2) is 234 Å². The maximum atomic E-state index is 12.8. The second-order valence-electron chi connectivity index (χ2n) is 15.3. The van der Waals surface area contributed by atoms with Crippen molar-refractivity contribution in [2.75, 3.05) is 33.0 Å². The first kappa shape index (κ1) is 55.1. The Balaban J connectivity index is 1.72. The number of carbonyl (C=O) groups excluding carboxylic acids is 3. The number of aliphatic hydroxyl groups is 11. The summed E-state index contributed by atoms with van der Waals surface area (Å²) in [4.78, 5) is 48.2. The lowest BCUT2D eigenvalue weighted by Crippen LogP contribution is -2.70. The molecule has 0 radical (unpaired) electrons. The second-order valence-corrected chi connectivity index (χ2v) is 15.3. The number of hydrogen-bond donors (Lipinski definition) is 15. The summed E-state index contributed by atoms with van der Waals surface area (Å²) in [6, 6.07) is -2.87. The Morgan fingerprint density at radius 2 is 1.53 bits per heavy atom. The van der Waals surface area contributed by atoms with Crippen molar-refractivity contribution in [1.29, 1.82) is 0 Å². The summed E-state index contributed by atoms with van der Waals surface area (Å²) >= 11 is 0. The summed E-state index contributed by atoms with van der Waals surface area (Å²) in [5.74, 6) is -8.69. The molecule has 0 bridgehead atoms. The maximum absolute atomic E-state index is 12.8. The van der Waals surface area contributed by atoms with E-state index in [0.29, 0.717) is 0 Å². The van der Waals surface area contributed by atoms with E-state index < -0.39 is 173 Å². The molecule has 3 saturated heterocycles. The molecule has 18 atom stereocenters. The normalized spacial score (nSPS) is 35.3. The van der Waals surface area contributed by atoms with Gasteiger partial charge in [0, 0.05) is 26.3 Å². The van der Waals surface area contributed by atoms with Gasteiger partial charge in [-0.3, -0.25) is 14.4 Å². The zero-order valence-electron chi connectivity index (χ0n) is 34.3. The maximum Gasteiger partial charge on any atom is 0.471 e.